The first kappa shape index (κ1) is 14.1. The van der Waals surface area contributed by atoms with Crippen LogP contribution in [-0.4, -0.2) is 47.8 Å². The van der Waals surface area contributed by atoms with E-state index in [1.165, 1.54) is 0 Å². The fraction of sp³-hybridized carbons (Fsp3) is 0.818. The normalized spacial score (nSPS) is 12.8. The minimum absolute atomic E-state index is 0.402. The largest absolute Gasteiger partial charge is 0.383 e. The second kappa shape index (κ2) is 9.09. The van der Waals surface area contributed by atoms with Crippen molar-refractivity contribution in [2.45, 2.75) is 31.8 Å². The molecule has 0 aromatic carbocycles. The zero-order valence-corrected chi connectivity index (χ0v) is 10.5. The maximum absolute atomic E-state index is 5.50. The van der Waals surface area contributed by atoms with Crippen molar-refractivity contribution in [3.05, 3.63) is 12.4 Å². The van der Waals surface area contributed by atoms with E-state index in [-0.39, 0.29) is 0 Å². The lowest BCUT2D eigenvalue weighted by Gasteiger charge is -2.17. The highest BCUT2D eigenvalue weighted by molar-refractivity contribution is 4.67. The molecule has 0 spiro atoms. The molecule has 0 saturated heterocycles. The number of nitrogens with zero attached hydrogens (tertiary/aromatic N) is 3. The Kier molecular flexibility index (Phi) is 7.53. The molecule has 1 aromatic rings. The second-order valence-corrected chi connectivity index (χ2v) is 4.06. The summed E-state index contributed by atoms with van der Waals surface area (Å²) in [7, 11) is 1.73. The van der Waals surface area contributed by atoms with Crippen LogP contribution < -0.4 is 11.1 Å². The van der Waals surface area contributed by atoms with Crippen molar-refractivity contribution in [1.82, 2.24) is 20.3 Å². The third-order valence-corrected chi connectivity index (χ3v) is 2.59. The van der Waals surface area contributed by atoms with Gasteiger partial charge in [0.2, 0.25) is 0 Å². The van der Waals surface area contributed by atoms with Crippen molar-refractivity contribution in [3.8, 4) is 0 Å². The van der Waals surface area contributed by atoms with Crippen LogP contribution in [0, 0.1) is 0 Å². The fourth-order valence-electron chi connectivity index (χ4n) is 1.71. The Morgan fingerprint density at radius 1 is 1.47 bits per heavy atom. The molecule has 0 aliphatic carbocycles. The van der Waals surface area contributed by atoms with E-state index in [0.717, 1.165) is 45.5 Å². The zero-order chi connectivity index (χ0) is 12.3. The van der Waals surface area contributed by atoms with Gasteiger partial charge >= 0.3 is 0 Å². The van der Waals surface area contributed by atoms with E-state index in [4.69, 9.17) is 10.5 Å². The molecule has 0 saturated carbocycles. The SMILES string of the molecule is COCC(CCCN)NCCCn1ccnn1. The van der Waals surface area contributed by atoms with Crippen molar-refractivity contribution in [1.29, 1.82) is 0 Å². The van der Waals surface area contributed by atoms with E-state index in [1.54, 1.807) is 13.3 Å². The van der Waals surface area contributed by atoms with Gasteiger partial charge in [-0.25, -0.2) is 0 Å². The van der Waals surface area contributed by atoms with Gasteiger partial charge in [0.25, 0.3) is 0 Å². The number of methoxy groups -OCH3 is 1. The summed E-state index contributed by atoms with van der Waals surface area (Å²) in [6.07, 6.45) is 6.70. The number of aromatic nitrogens is 3. The number of ether oxygens (including phenoxy) is 1. The Bertz CT molecular complexity index is 265. The maximum atomic E-state index is 5.50. The monoisotopic (exact) mass is 241 g/mol. The quantitative estimate of drug-likeness (QED) is 0.564. The smallest absolute Gasteiger partial charge is 0.0692 e. The minimum Gasteiger partial charge on any atom is -0.383 e. The average molecular weight is 241 g/mol. The van der Waals surface area contributed by atoms with Crippen LogP contribution in [0.15, 0.2) is 12.4 Å². The Hall–Kier alpha value is -0.980. The molecule has 3 N–H and O–H groups in total. The molecule has 0 radical (unpaired) electrons. The van der Waals surface area contributed by atoms with E-state index in [0.29, 0.717) is 6.04 Å². The third-order valence-electron chi connectivity index (χ3n) is 2.59. The van der Waals surface area contributed by atoms with Crippen LogP contribution in [0.1, 0.15) is 19.3 Å². The van der Waals surface area contributed by atoms with Crippen LogP contribution in [0.25, 0.3) is 0 Å². The molecule has 1 heterocycles. The number of nitrogens with one attached hydrogen (secondary N) is 1. The van der Waals surface area contributed by atoms with Crippen LogP contribution in [0.5, 0.6) is 0 Å². The number of aryl methyl sites for hydroxylation is 1. The third kappa shape index (κ3) is 6.35. The first-order valence-corrected chi connectivity index (χ1v) is 6.13. The van der Waals surface area contributed by atoms with Crippen LogP contribution in [0.3, 0.4) is 0 Å². The molecule has 98 valence electrons. The molecule has 1 aromatic heterocycles. The first-order chi connectivity index (χ1) is 8.36. The predicted octanol–water partition coefficient (Wildman–Crippen LogP) is 0.0117. The molecule has 1 atom stereocenters. The number of rotatable bonds is 10. The lowest BCUT2D eigenvalue weighted by Crippen LogP contribution is -2.34. The standard InChI is InChI=1S/C11H23N5O/c1-17-10-11(4-2-5-12)13-6-3-8-16-9-7-14-15-16/h7,9,11,13H,2-6,8,10,12H2,1H3. The fourth-order valence-corrected chi connectivity index (χ4v) is 1.71. The van der Waals surface area contributed by atoms with Gasteiger partial charge in [0, 0.05) is 25.9 Å². The summed E-state index contributed by atoms with van der Waals surface area (Å²) in [5, 5.41) is 11.2. The van der Waals surface area contributed by atoms with E-state index in [2.05, 4.69) is 15.6 Å². The van der Waals surface area contributed by atoms with E-state index in [9.17, 15) is 0 Å². The molecule has 6 heteroatoms. The minimum atomic E-state index is 0.402. The van der Waals surface area contributed by atoms with E-state index in [1.807, 2.05) is 10.9 Å². The molecule has 0 fully saturated rings. The first-order valence-electron chi connectivity index (χ1n) is 6.13. The summed E-state index contributed by atoms with van der Waals surface area (Å²) >= 11 is 0. The Morgan fingerprint density at radius 3 is 3.00 bits per heavy atom. The molecule has 0 bridgehead atoms. The summed E-state index contributed by atoms with van der Waals surface area (Å²) in [6, 6.07) is 0.402. The molecule has 0 aliphatic heterocycles. The highest BCUT2D eigenvalue weighted by atomic mass is 16.5. The average Bonchev–Trinajstić information content (AvgIpc) is 2.84. The Labute approximate surface area is 103 Å². The summed E-state index contributed by atoms with van der Waals surface area (Å²) in [5.74, 6) is 0. The van der Waals surface area contributed by atoms with E-state index < -0.39 is 0 Å². The van der Waals surface area contributed by atoms with Crippen molar-refractivity contribution < 1.29 is 4.74 Å². The molecule has 0 aliphatic rings. The molecule has 1 unspecified atom stereocenters. The molecular weight excluding hydrogens is 218 g/mol. The Balaban J connectivity index is 2.08. The van der Waals surface area contributed by atoms with Crippen molar-refractivity contribution in [3.63, 3.8) is 0 Å². The van der Waals surface area contributed by atoms with Gasteiger partial charge in [-0.2, -0.15) is 0 Å². The number of hydrogen-bond acceptors (Lipinski definition) is 5. The highest BCUT2D eigenvalue weighted by Crippen LogP contribution is 1.97. The van der Waals surface area contributed by atoms with E-state index >= 15 is 0 Å². The van der Waals surface area contributed by atoms with Gasteiger partial charge in [0.1, 0.15) is 0 Å². The van der Waals surface area contributed by atoms with Gasteiger partial charge in [-0.1, -0.05) is 5.21 Å². The van der Waals surface area contributed by atoms with Crippen LogP contribution in [0.4, 0.5) is 0 Å². The van der Waals surface area contributed by atoms with Gasteiger partial charge in [0.15, 0.2) is 0 Å². The topological polar surface area (TPSA) is 78.0 Å². The lowest BCUT2D eigenvalue weighted by atomic mass is 10.1. The van der Waals surface area contributed by atoms with Crippen molar-refractivity contribution in [2.24, 2.45) is 5.73 Å². The Morgan fingerprint density at radius 2 is 2.35 bits per heavy atom. The van der Waals surface area contributed by atoms with Gasteiger partial charge in [-0.3, -0.25) is 4.68 Å². The lowest BCUT2D eigenvalue weighted by molar-refractivity contribution is 0.161. The molecule has 6 nitrogen and oxygen atoms in total. The van der Waals surface area contributed by atoms with Crippen molar-refractivity contribution in [2.75, 3.05) is 26.8 Å². The molecule has 1 rings (SSSR count). The number of nitrogens with two attached hydrogens (primary N) is 1. The van der Waals surface area contributed by atoms with Gasteiger partial charge in [0.05, 0.1) is 12.8 Å². The molecular formula is C11H23N5O. The van der Waals surface area contributed by atoms with Gasteiger partial charge in [-0.15, -0.1) is 5.10 Å². The zero-order valence-electron chi connectivity index (χ0n) is 10.5. The van der Waals surface area contributed by atoms with Crippen LogP contribution in [-0.2, 0) is 11.3 Å². The summed E-state index contributed by atoms with van der Waals surface area (Å²) < 4.78 is 7.01. The molecule has 17 heavy (non-hydrogen) atoms. The highest BCUT2D eigenvalue weighted by Gasteiger charge is 2.06. The molecule has 0 amide bonds. The summed E-state index contributed by atoms with van der Waals surface area (Å²) in [4.78, 5) is 0. The van der Waals surface area contributed by atoms with Crippen LogP contribution >= 0.6 is 0 Å². The predicted molar refractivity (Wildman–Crippen MR) is 66.6 cm³/mol. The second-order valence-electron chi connectivity index (χ2n) is 4.06. The summed E-state index contributed by atoms with van der Waals surface area (Å²) in [6.45, 7) is 3.33. The summed E-state index contributed by atoms with van der Waals surface area (Å²) in [5.41, 5.74) is 5.50. The van der Waals surface area contributed by atoms with Crippen LogP contribution in [0.2, 0.25) is 0 Å². The van der Waals surface area contributed by atoms with Crippen molar-refractivity contribution >= 4 is 0 Å². The van der Waals surface area contributed by atoms with Gasteiger partial charge in [-0.05, 0) is 32.4 Å². The van der Waals surface area contributed by atoms with Gasteiger partial charge < -0.3 is 15.8 Å². The maximum Gasteiger partial charge on any atom is 0.0692 e. The number of hydrogen-bond donors (Lipinski definition) is 2.